The number of piperazine rings is 1. The van der Waals surface area contributed by atoms with Gasteiger partial charge >= 0.3 is 5.97 Å². The molecule has 1 amide bonds. The van der Waals surface area contributed by atoms with Gasteiger partial charge in [-0.3, -0.25) is 4.79 Å². The van der Waals surface area contributed by atoms with Gasteiger partial charge in [-0.25, -0.2) is 9.18 Å². The van der Waals surface area contributed by atoms with E-state index in [1.807, 2.05) is 35.8 Å². The molecule has 1 fully saturated rings. The Morgan fingerprint density at radius 3 is 2.40 bits per heavy atom. The van der Waals surface area contributed by atoms with Crippen LogP contribution in [0.1, 0.15) is 17.3 Å². The molecule has 1 aromatic heterocycles. The molecule has 4 rings (SSSR count). The molecular weight excluding hydrogens is 385 g/mol. The van der Waals surface area contributed by atoms with Gasteiger partial charge < -0.3 is 19.1 Å². The number of ether oxygens (including phenoxy) is 1. The largest absolute Gasteiger partial charge is 0.452 e. The van der Waals surface area contributed by atoms with Crippen LogP contribution >= 0.6 is 0 Å². The molecule has 7 heteroatoms. The smallest absolute Gasteiger partial charge is 0.340 e. The van der Waals surface area contributed by atoms with Gasteiger partial charge in [0.15, 0.2) is 6.61 Å². The fourth-order valence-corrected chi connectivity index (χ4v) is 3.83. The highest BCUT2D eigenvalue weighted by atomic mass is 19.1. The molecule has 0 bridgehead atoms. The summed E-state index contributed by atoms with van der Waals surface area (Å²) in [6.07, 6.45) is 1.78. The Morgan fingerprint density at radius 1 is 1.00 bits per heavy atom. The molecule has 0 spiro atoms. The number of benzene rings is 2. The van der Waals surface area contributed by atoms with Crippen molar-refractivity contribution in [1.82, 2.24) is 9.47 Å². The fraction of sp³-hybridized carbons (Fsp3) is 0.304. The van der Waals surface area contributed by atoms with E-state index in [4.69, 9.17) is 4.74 Å². The zero-order valence-electron chi connectivity index (χ0n) is 16.9. The molecule has 156 valence electrons. The van der Waals surface area contributed by atoms with Crippen molar-refractivity contribution in [3.8, 4) is 0 Å². The first-order valence-corrected chi connectivity index (χ1v) is 10.1. The van der Waals surface area contributed by atoms with Gasteiger partial charge in [0, 0.05) is 55.5 Å². The van der Waals surface area contributed by atoms with Crippen LogP contribution in [0.4, 0.5) is 10.1 Å². The Kier molecular flexibility index (Phi) is 5.70. The minimum Gasteiger partial charge on any atom is -0.452 e. The van der Waals surface area contributed by atoms with Crippen molar-refractivity contribution in [3.05, 3.63) is 66.1 Å². The van der Waals surface area contributed by atoms with E-state index in [0.717, 1.165) is 23.1 Å². The number of carbonyl (C=O) groups excluding carboxylic acids is 2. The first-order chi connectivity index (χ1) is 14.6. The van der Waals surface area contributed by atoms with Gasteiger partial charge in [-0.2, -0.15) is 0 Å². The number of fused-ring (bicyclic) bond motifs is 1. The Bertz CT molecular complexity index is 1050. The number of esters is 1. The SMILES string of the molecule is CCn1cc(C(=O)OCC(=O)N2CCN(c3ccc(F)cc3)CC2)c2ccccc21. The van der Waals surface area contributed by atoms with E-state index in [1.165, 1.54) is 12.1 Å². The third kappa shape index (κ3) is 4.01. The number of amides is 1. The molecule has 6 nitrogen and oxygen atoms in total. The number of hydrogen-bond donors (Lipinski definition) is 0. The van der Waals surface area contributed by atoms with Crippen LogP contribution in [0.3, 0.4) is 0 Å². The van der Waals surface area contributed by atoms with Crippen molar-refractivity contribution in [1.29, 1.82) is 0 Å². The van der Waals surface area contributed by atoms with E-state index in [-0.39, 0.29) is 18.3 Å². The molecule has 1 aliphatic heterocycles. The number of nitrogens with zero attached hydrogens (tertiary/aromatic N) is 3. The van der Waals surface area contributed by atoms with Crippen LogP contribution in [0.2, 0.25) is 0 Å². The van der Waals surface area contributed by atoms with Crippen molar-refractivity contribution in [2.45, 2.75) is 13.5 Å². The third-order valence-corrected chi connectivity index (χ3v) is 5.50. The molecule has 0 aliphatic carbocycles. The van der Waals surface area contributed by atoms with E-state index >= 15 is 0 Å². The van der Waals surface area contributed by atoms with Crippen LogP contribution in [-0.4, -0.2) is 54.1 Å². The van der Waals surface area contributed by atoms with Crippen LogP contribution in [0.5, 0.6) is 0 Å². The van der Waals surface area contributed by atoms with Crippen molar-refractivity contribution in [2.75, 3.05) is 37.7 Å². The van der Waals surface area contributed by atoms with Gasteiger partial charge in [0.25, 0.3) is 5.91 Å². The van der Waals surface area contributed by atoms with E-state index < -0.39 is 5.97 Å². The quantitative estimate of drug-likeness (QED) is 0.607. The number of aromatic nitrogens is 1. The second-order valence-corrected chi connectivity index (χ2v) is 7.27. The molecular formula is C23H24FN3O3. The maximum absolute atomic E-state index is 13.1. The van der Waals surface area contributed by atoms with Crippen molar-refractivity contribution >= 4 is 28.5 Å². The molecule has 30 heavy (non-hydrogen) atoms. The highest BCUT2D eigenvalue weighted by Crippen LogP contribution is 2.22. The van der Waals surface area contributed by atoms with E-state index in [2.05, 4.69) is 4.90 Å². The predicted octanol–water partition coefficient (Wildman–Crippen LogP) is 3.31. The van der Waals surface area contributed by atoms with Crippen LogP contribution in [-0.2, 0) is 16.1 Å². The van der Waals surface area contributed by atoms with Gasteiger partial charge in [-0.1, -0.05) is 18.2 Å². The minimum absolute atomic E-state index is 0.207. The predicted molar refractivity (Wildman–Crippen MR) is 113 cm³/mol. The van der Waals surface area contributed by atoms with Gasteiger partial charge in [0.05, 0.1) is 5.56 Å². The topological polar surface area (TPSA) is 54.8 Å². The molecule has 0 radical (unpaired) electrons. The first-order valence-electron chi connectivity index (χ1n) is 10.1. The van der Waals surface area contributed by atoms with Gasteiger partial charge in [0.2, 0.25) is 0 Å². The van der Waals surface area contributed by atoms with Gasteiger partial charge in [0.1, 0.15) is 5.82 Å². The zero-order chi connectivity index (χ0) is 21.1. The average molecular weight is 409 g/mol. The highest BCUT2D eigenvalue weighted by Gasteiger charge is 2.23. The standard InChI is InChI=1S/C23H24FN3O3/c1-2-25-15-20(19-5-3-4-6-21(19)25)23(29)30-16-22(28)27-13-11-26(12-14-27)18-9-7-17(24)8-10-18/h3-10,15H,2,11-14,16H2,1H3. The summed E-state index contributed by atoms with van der Waals surface area (Å²) in [5.41, 5.74) is 2.37. The Labute approximate surface area is 174 Å². The van der Waals surface area contributed by atoms with Crippen LogP contribution < -0.4 is 4.90 Å². The third-order valence-electron chi connectivity index (χ3n) is 5.50. The Hall–Kier alpha value is -3.35. The molecule has 0 saturated carbocycles. The minimum atomic E-state index is -0.489. The summed E-state index contributed by atoms with van der Waals surface area (Å²) in [4.78, 5) is 28.9. The number of carbonyl (C=O) groups is 2. The first kappa shape index (κ1) is 19.9. The Morgan fingerprint density at radius 2 is 1.70 bits per heavy atom. The number of rotatable bonds is 5. The zero-order valence-corrected chi connectivity index (χ0v) is 16.9. The fourth-order valence-electron chi connectivity index (χ4n) is 3.83. The molecule has 2 aromatic carbocycles. The monoisotopic (exact) mass is 409 g/mol. The lowest BCUT2D eigenvalue weighted by Gasteiger charge is -2.36. The lowest BCUT2D eigenvalue weighted by molar-refractivity contribution is -0.134. The summed E-state index contributed by atoms with van der Waals surface area (Å²) < 4.78 is 20.4. The summed E-state index contributed by atoms with van der Waals surface area (Å²) in [5.74, 6) is -0.963. The molecule has 1 aliphatic rings. The molecule has 0 unspecified atom stereocenters. The highest BCUT2D eigenvalue weighted by molar-refractivity contribution is 6.04. The molecule has 1 saturated heterocycles. The second-order valence-electron chi connectivity index (χ2n) is 7.27. The van der Waals surface area contributed by atoms with Crippen molar-refractivity contribution in [2.24, 2.45) is 0 Å². The van der Waals surface area contributed by atoms with Crippen molar-refractivity contribution < 1.29 is 18.7 Å². The maximum Gasteiger partial charge on any atom is 0.340 e. The summed E-state index contributed by atoms with van der Waals surface area (Å²) in [6.45, 7) is 4.83. The number of halogens is 1. The normalized spacial score (nSPS) is 14.2. The van der Waals surface area contributed by atoms with Crippen LogP contribution in [0, 0.1) is 5.82 Å². The lowest BCUT2D eigenvalue weighted by atomic mass is 10.2. The van der Waals surface area contributed by atoms with Crippen molar-refractivity contribution in [3.63, 3.8) is 0 Å². The van der Waals surface area contributed by atoms with E-state index in [1.54, 1.807) is 23.2 Å². The number of hydrogen-bond acceptors (Lipinski definition) is 4. The molecule has 2 heterocycles. The van der Waals surface area contributed by atoms with Crippen LogP contribution in [0.15, 0.2) is 54.7 Å². The Balaban J connectivity index is 1.33. The maximum atomic E-state index is 13.1. The summed E-state index contributed by atoms with van der Waals surface area (Å²) in [7, 11) is 0. The van der Waals surface area contributed by atoms with Crippen LogP contribution in [0.25, 0.3) is 10.9 Å². The molecule has 0 N–H and O–H groups in total. The van der Waals surface area contributed by atoms with E-state index in [0.29, 0.717) is 31.7 Å². The van der Waals surface area contributed by atoms with Gasteiger partial charge in [-0.15, -0.1) is 0 Å². The van der Waals surface area contributed by atoms with Gasteiger partial charge in [-0.05, 0) is 37.3 Å². The summed E-state index contributed by atoms with van der Waals surface area (Å²) in [6, 6.07) is 14.0. The molecule has 3 aromatic rings. The number of aryl methyl sites for hydroxylation is 1. The number of para-hydroxylation sites is 1. The summed E-state index contributed by atoms with van der Waals surface area (Å²) >= 11 is 0. The average Bonchev–Trinajstić information content (AvgIpc) is 3.17. The molecule has 0 atom stereocenters. The number of anilines is 1. The summed E-state index contributed by atoms with van der Waals surface area (Å²) in [5, 5.41) is 0.824. The van der Waals surface area contributed by atoms with E-state index in [9.17, 15) is 14.0 Å². The lowest BCUT2D eigenvalue weighted by Crippen LogP contribution is -2.49. The second kappa shape index (κ2) is 8.57.